The van der Waals surface area contributed by atoms with Crippen molar-refractivity contribution < 1.29 is 4.79 Å². The lowest BCUT2D eigenvalue weighted by atomic mass is 10.1. The van der Waals surface area contributed by atoms with Gasteiger partial charge in [-0.15, -0.1) is 10.2 Å². The highest BCUT2D eigenvalue weighted by atomic mass is 35.5. The molecular weight excluding hydrogens is 311 g/mol. The van der Waals surface area contributed by atoms with Gasteiger partial charge in [0.2, 0.25) is 0 Å². The minimum atomic E-state index is -0.409. The second-order valence-electron chi connectivity index (χ2n) is 4.23. The molecule has 0 fully saturated rings. The number of benzene rings is 1. The molecule has 0 saturated heterocycles. The molecule has 0 atom stereocenters. The number of anilines is 1. The van der Waals surface area contributed by atoms with Crippen LogP contribution in [0.15, 0.2) is 42.7 Å². The minimum absolute atomic E-state index is 0.00439. The van der Waals surface area contributed by atoms with Crippen LogP contribution in [0, 0.1) is 0 Å². The van der Waals surface area contributed by atoms with E-state index in [2.05, 4.69) is 20.5 Å². The predicted octanol–water partition coefficient (Wildman–Crippen LogP) is 3.58. The van der Waals surface area contributed by atoms with Gasteiger partial charge in [-0.05, 0) is 23.6 Å². The summed E-state index contributed by atoms with van der Waals surface area (Å²) in [5, 5.41) is 11.9. The van der Waals surface area contributed by atoms with Gasteiger partial charge >= 0.3 is 0 Å². The molecule has 3 rings (SSSR count). The lowest BCUT2D eigenvalue weighted by Crippen LogP contribution is -2.13. The van der Waals surface area contributed by atoms with E-state index in [1.165, 1.54) is 6.07 Å². The number of carbonyl (C=O) groups is 1. The molecule has 0 aliphatic carbocycles. The number of rotatable bonds is 2. The molecule has 5 nitrogen and oxygen atoms in total. The monoisotopic (exact) mass is 318 g/mol. The minimum Gasteiger partial charge on any atom is -0.321 e. The van der Waals surface area contributed by atoms with E-state index in [-0.39, 0.29) is 15.9 Å². The third-order valence-electron chi connectivity index (χ3n) is 2.90. The summed E-state index contributed by atoms with van der Waals surface area (Å²) in [6, 6.07) is 8.80. The van der Waals surface area contributed by atoms with Gasteiger partial charge in [0.05, 0.1) is 11.3 Å². The molecule has 0 saturated carbocycles. The Kier molecular flexibility index (Phi) is 3.68. The van der Waals surface area contributed by atoms with Crippen molar-refractivity contribution in [2.45, 2.75) is 0 Å². The molecule has 0 aliphatic rings. The van der Waals surface area contributed by atoms with Crippen molar-refractivity contribution in [2.75, 3.05) is 5.32 Å². The quantitative estimate of drug-likeness (QED) is 0.784. The first kappa shape index (κ1) is 13.7. The van der Waals surface area contributed by atoms with E-state index in [1.54, 1.807) is 18.5 Å². The Balaban J connectivity index is 1.99. The molecular formula is C14H8Cl2N4O. The summed E-state index contributed by atoms with van der Waals surface area (Å²) in [6.45, 7) is 0. The fourth-order valence-electron chi connectivity index (χ4n) is 1.92. The molecule has 2 heterocycles. The molecule has 0 bridgehead atoms. The van der Waals surface area contributed by atoms with E-state index in [1.807, 2.05) is 18.2 Å². The van der Waals surface area contributed by atoms with E-state index in [0.29, 0.717) is 5.69 Å². The summed E-state index contributed by atoms with van der Waals surface area (Å²) >= 11 is 11.6. The molecule has 0 aliphatic heterocycles. The summed E-state index contributed by atoms with van der Waals surface area (Å²) in [6.07, 6.45) is 3.38. The van der Waals surface area contributed by atoms with Gasteiger partial charge in [-0.25, -0.2) is 0 Å². The zero-order valence-electron chi connectivity index (χ0n) is 10.5. The maximum Gasteiger partial charge on any atom is 0.258 e. The number of carbonyl (C=O) groups excluding carboxylic acids is 1. The van der Waals surface area contributed by atoms with Crippen molar-refractivity contribution >= 4 is 45.6 Å². The van der Waals surface area contributed by atoms with Crippen molar-refractivity contribution in [3.63, 3.8) is 0 Å². The predicted molar refractivity (Wildman–Crippen MR) is 81.7 cm³/mol. The van der Waals surface area contributed by atoms with Crippen molar-refractivity contribution in [3.8, 4) is 0 Å². The van der Waals surface area contributed by atoms with E-state index < -0.39 is 5.91 Å². The Labute approximate surface area is 129 Å². The molecule has 104 valence electrons. The van der Waals surface area contributed by atoms with Gasteiger partial charge in [-0.2, -0.15) is 0 Å². The number of halogens is 2. The zero-order chi connectivity index (χ0) is 14.8. The van der Waals surface area contributed by atoms with Crippen molar-refractivity contribution in [1.82, 2.24) is 15.2 Å². The topological polar surface area (TPSA) is 67.8 Å². The van der Waals surface area contributed by atoms with Crippen LogP contribution in [0.2, 0.25) is 10.3 Å². The first-order chi connectivity index (χ1) is 10.1. The van der Waals surface area contributed by atoms with Gasteiger partial charge in [0.15, 0.2) is 10.3 Å². The highest BCUT2D eigenvalue weighted by Crippen LogP contribution is 2.24. The number of hydrogen-bond acceptors (Lipinski definition) is 4. The van der Waals surface area contributed by atoms with E-state index >= 15 is 0 Å². The summed E-state index contributed by atoms with van der Waals surface area (Å²) in [7, 11) is 0. The van der Waals surface area contributed by atoms with Gasteiger partial charge in [0.25, 0.3) is 5.91 Å². The maximum absolute atomic E-state index is 12.3. The smallest absolute Gasteiger partial charge is 0.258 e. The Morgan fingerprint density at radius 3 is 2.86 bits per heavy atom. The number of aromatic nitrogens is 3. The van der Waals surface area contributed by atoms with Crippen LogP contribution in [0.3, 0.4) is 0 Å². The largest absolute Gasteiger partial charge is 0.321 e. The van der Waals surface area contributed by atoms with Crippen molar-refractivity contribution in [3.05, 3.63) is 58.6 Å². The zero-order valence-corrected chi connectivity index (χ0v) is 12.1. The van der Waals surface area contributed by atoms with Crippen molar-refractivity contribution in [2.24, 2.45) is 0 Å². The van der Waals surface area contributed by atoms with Crippen LogP contribution < -0.4 is 5.32 Å². The molecule has 0 unspecified atom stereocenters. The Hall–Kier alpha value is -2.24. The number of nitrogens with one attached hydrogen (secondary N) is 1. The highest BCUT2D eigenvalue weighted by Gasteiger charge is 2.14. The lowest BCUT2D eigenvalue weighted by Gasteiger charge is -2.09. The molecule has 0 spiro atoms. The van der Waals surface area contributed by atoms with Gasteiger partial charge in [0.1, 0.15) is 0 Å². The highest BCUT2D eigenvalue weighted by molar-refractivity contribution is 6.34. The normalized spacial score (nSPS) is 10.6. The molecule has 1 aromatic carbocycles. The first-order valence-electron chi connectivity index (χ1n) is 5.98. The van der Waals surface area contributed by atoms with Gasteiger partial charge in [-0.1, -0.05) is 35.3 Å². The van der Waals surface area contributed by atoms with Gasteiger partial charge in [-0.3, -0.25) is 9.78 Å². The van der Waals surface area contributed by atoms with E-state index in [9.17, 15) is 4.79 Å². The van der Waals surface area contributed by atoms with Crippen LogP contribution in [0.4, 0.5) is 5.69 Å². The van der Waals surface area contributed by atoms with Crippen LogP contribution in [0.25, 0.3) is 10.8 Å². The molecule has 1 amide bonds. The Morgan fingerprint density at radius 1 is 1.14 bits per heavy atom. The lowest BCUT2D eigenvalue weighted by molar-refractivity contribution is 0.102. The van der Waals surface area contributed by atoms with E-state index in [0.717, 1.165) is 10.8 Å². The fourth-order valence-corrected chi connectivity index (χ4v) is 2.25. The first-order valence-corrected chi connectivity index (χ1v) is 6.73. The van der Waals surface area contributed by atoms with E-state index in [4.69, 9.17) is 23.2 Å². The number of pyridine rings is 1. The van der Waals surface area contributed by atoms with Crippen LogP contribution in [0.5, 0.6) is 0 Å². The molecule has 7 heteroatoms. The average Bonchev–Trinajstić information content (AvgIpc) is 2.50. The second-order valence-corrected chi connectivity index (χ2v) is 4.97. The average molecular weight is 319 g/mol. The van der Waals surface area contributed by atoms with Gasteiger partial charge < -0.3 is 5.32 Å². The number of hydrogen-bond donors (Lipinski definition) is 1. The summed E-state index contributed by atoms with van der Waals surface area (Å²) < 4.78 is 0. The summed E-state index contributed by atoms with van der Waals surface area (Å²) in [4.78, 5) is 16.4. The van der Waals surface area contributed by atoms with Crippen molar-refractivity contribution in [1.29, 1.82) is 0 Å². The SMILES string of the molecule is O=C(Nc1cccc2ccncc12)c1cc(Cl)nnc1Cl. The van der Waals surface area contributed by atoms with Gasteiger partial charge in [0, 0.05) is 17.8 Å². The van der Waals surface area contributed by atoms with Crippen LogP contribution >= 0.6 is 23.2 Å². The summed E-state index contributed by atoms with van der Waals surface area (Å²) in [5.41, 5.74) is 0.798. The maximum atomic E-state index is 12.3. The molecule has 1 N–H and O–H groups in total. The molecule has 3 aromatic rings. The van der Waals surface area contributed by atoms with Crippen LogP contribution in [-0.4, -0.2) is 21.1 Å². The molecule has 21 heavy (non-hydrogen) atoms. The van der Waals surface area contributed by atoms with Crippen LogP contribution in [-0.2, 0) is 0 Å². The molecule has 0 radical (unpaired) electrons. The van der Waals surface area contributed by atoms with Crippen LogP contribution in [0.1, 0.15) is 10.4 Å². The molecule has 2 aromatic heterocycles. The summed E-state index contributed by atoms with van der Waals surface area (Å²) in [5.74, 6) is -0.409. The Bertz CT molecular complexity index is 833. The Morgan fingerprint density at radius 2 is 2.00 bits per heavy atom. The number of nitrogens with zero attached hydrogens (tertiary/aromatic N) is 3. The fraction of sp³-hybridized carbons (Fsp3) is 0. The third-order valence-corrected chi connectivity index (χ3v) is 3.36. The number of fused-ring (bicyclic) bond motifs is 1. The standard InChI is InChI=1S/C14H8Cl2N4O/c15-12-6-9(13(16)20-19-12)14(21)18-11-3-1-2-8-4-5-17-7-10(8)11/h1-7H,(H,18,21). The number of amides is 1. The third kappa shape index (κ3) is 2.79. The second kappa shape index (κ2) is 5.63.